The number of benzene rings is 1. The van der Waals surface area contributed by atoms with Crippen LogP contribution in [0, 0.1) is 10.1 Å². The second-order valence-corrected chi connectivity index (χ2v) is 9.70. The molecule has 0 aliphatic carbocycles. The van der Waals surface area contributed by atoms with E-state index in [2.05, 4.69) is 25.5 Å². The van der Waals surface area contributed by atoms with Crippen molar-refractivity contribution in [3.8, 4) is 11.3 Å². The van der Waals surface area contributed by atoms with Gasteiger partial charge in [-0.2, -0.15) is 0 Å². The van der Waals surface area contributed by atoms with Crippen LogP contribution in [-0.4, -0.2) is 74.2 Å². The molecule has 0 saturated carbocycles. The summed E-state index contributed by atoms with van der Waals surface area (Å²) in [4.78, 5) is 38.7. The van der Waals surface area contributed by atoms with Crippen LogP contribution < -0.4 is 15.5 Å². The SMILES string of the molecule is CC1CN(c2cnc(NCCNc3ccc([N+](=O)[O-])cn3)nc2-c2ccc(Cl)cc2Cl)CC(C)N1C(=O)O. The number of anilines is 3. The number of piperazine rings is 1. The number of aromatic nitrogens is 3. The number of rotatable bonds is 8. The highest BCUT2D eigenvalue weighted by molar-refractivity contribution is 6.36. The van der Waals surface area contributed by atoms with Crippen molar-refractivity contribution in [1.29, 1.82) is 0 Å². The van der Waals surface area contributed by atoms with Crippen LogP contribution in [0.25, 0.3) is 11.3 Å². The number of nitrogens with one attached hydrogen (secondary N) is 2. The highest BCUT2D eigenvalue weighted by Crippen LogP contribution is 2.37. The number of amides is 1. The van der Waals surface area contributed by atoms with Crippen LogP contribution in [0.15, 0.2) is 42.7 Å². The zero-order valence-electron chi connectivity index (χ0n) is 20.6. The predicted octanol–water partition coefficient (Wildman–Crippen LogP) is 4.85. The topological polar surface area (TPSA) is 150 Å². The fraction of sp³-hybridized carbons (Fsp3) is 0.333. The van der Waals surface area contributed by atoms with Gasteiger partial charge in [-0.25, -0.2) is 19.7 Å². The number of pyridine rings is 1. The van der Waals surface area contributed by atoms with Crippen LogP contribution in [-0.2, 0) is 0 Å². The molecule has 38 heavy (non-hydrogen) atoms. The number of hydrogen-bond acceptors (Lipinski definition) is 9. The van der Waals surface area contributed by atoms with Gasteiger partial charge in [0.15, 0.2) is 0 Å². The monoisotopic (exact) mass is 560 g/mol. The second kappa shape index (κ2) is 11.7. The molecule has 1 saturated heterocycles. The first-order valence-corrected chi connectivity index (χ1v) is 12.6. The Labute approximate surface area is 228 Å². The molecule has 3 heterocycles. The minimum atomic E-state index is -0.945. The van der Waals surface area contributed by atoms with Crippen LogP contribution in [0.1, 0.15) is 13.8 Å². The van der Waals surface area contributed by atoms with E-state index < -0.39 is 11.0 Å². The molecule has 3 aromatic rings. The zero-order chi connectivity index (χ0) is 27.4. The van der Waals surface area contributed by atoms with Crippen molar-refractivity contribution in [2.45, 2.75) is 25.9 Å². The maximum atomic E-state index is 11.7. The van der Waals surface area contributed by atoms with Gasteiger partial charge in [0.1, 0.15) is 17.7 Å². The average molecular weight is 561 g/mol. The summed E-state index contributed by atoms with van der Waals surface area (Å²) in [5, 5.41) is 27.5. The maximum absolute atomic E-state index is 11.7. The lowest BCUT2D eigenvalue weighted by Gasteiger charge is -2.44. The maximum Gasteiger partial charge on any atom is 0.407 e. The van der Waals surface area contributed by atoms with E-state index in [9.17, 15) is 20.0 Å². The highest BCUT2D eigenvalue weighted by atomic mass is 35.5. The summed E-state index contributed by atoms with van der Waals surface area (Å²) in [5.41, 5.74) is 1.92. The molecule has 0 spiro atoms. The predicted molar refractivity (Wildman–Crippen MR) is 146 cm³/mol. The van der Waals surface area contributed by atoms with Crippen LogP contribution in [0.2, 0.25) is 10.0 Å². The van der Waals surface area contributed by atoms with E-state index in [1.165, 1.54) is 23.2 Å². The molecule has 1 fully saturated rings. The number of nitro groups is 1. The lowest BCUT2D eigenvalue weighted by Crippen LogP contribution is -2.58. The van der Waals surface area contributed by atoms with Crippen LogP contribution in [0.4, 0.5) is 27.9 Å². The van der Waals surface area contributed by atoms with Crippen LogP contribution in [0.5, 0.6) is 0 Å². The molecule has 2 unspecified atom stereocenters. The van der Waals surface area contributed by atoms with E-state index >= 15 is 0 Å². The summed E-state index contributed by atoms with van der Waals surface area (Å²) >= 11 is 12.7. The Hall–Kier alpha value is -3.90. The quantitative estimate of drug-likeness (QED) is 0.198. The third-order valence-corrected chi connectivity index (χ3v) is 6.66. The smallest absolute Gasteiger partial charge is 0.407 e. The van der Waals surface area contributed by atoms with Gasteiger partial charge in [0.25, 0.3) is 5.69 Å². The first-order valence-electron chi connectivity index (χ1n) is 11.8. The summed E-state index contributed by atoms with van der Waals surface area (Å²) < 4.78 is 0. The number of hydrogen-bond donors (Lipinski definition) is 3. The lowest BCUT2D eigenvalue weighted by molar-refractivity contribution is -0.385. The van der Waals surface area contributed by atoms with Gasteiger partial charge in [-0.15, -0.1) is 0 Å². The summed E-state index contributed by atoms with van der Waals surface area (Å²) in [6, 6.07) is 7.62. The van der Waals surface area contributed by atoms with E-state index in [-0.39, 0.29) is 17.8 Å². The average Bonchev–Trinajstić information content (AvgIpc) is 2.86. The van der Waals surface area contributed by atoms with Crippen molar-refractivity contribution in [2.24, 2.45) is 0 Å². The lowest BCUT2D eigenvalue weighted by atomic mass is 10.1. The summed E-state index contributed by atoms with van der Waals surface area (Å²) in [7, 11) is 0. The molecule has 3 N–H and O–H groups in total. The fourth-order valence-corrected chi connectivity index (χ4v) is 4.93. The molecule has 4 rings (SSSR count). The van der Waals surface area contributed by atoms with Gasteiger partial charge in [-0.1, -0.05) is 23.2 Å². The fourth-order valence-electron chi connectivity index (χ4n) is 4.43. The Bertz CT molecular complexity index is 1320. The van der Waals surface area contributed by atoms with Crippen molar-refractivity contribution in [1.82, 2.24) is 19.9 Å². The number of carbonyl (C=O) groups is 1. The molecule has 2 atom stereocenters. The minimum absolute atomic E-state index is 0.0799. The molecule has 12 nitrogen and oxygen atoms in total. The first-order chi connectivity index (χ1) is 18.1. The van der Waals surface area contributed by atoms with Gasteiger partial charge in [0.05, 0.1) is 33.9 Å². The molecule has 2 aromatic heterocycles. The third-order valence-electron chi connectivity index (χ3n) is 6.11. The van der Waals surface area contributed by atoms with E-state index in [1.807, 2.05) is 13.8 Å². The van der Waals surface area contributed by atoms with Crippen molar-refractivity contribution < 1.29 is 14.8 Å². The van der Waals surface area contributed by atoms with Gasteiger partial charge < -0.3 is 20.6 Å². The molecule has 0 bridgehead atoms. The molecule has 1 amide bonds. The Kier molecular flexibility index (Phi) is 8.32. The van der Waals surface area contributed by atoms with Gasteiger partial charge >= 0.3 is 6.09 Å². The third kappa shape index (κ3) is 6.14. The van der Waals surface area contributed by atoms with Gasteiger partial charge in [0, 0.05) is 42.8 Å². The Morgan fingerprint density at radius 3 is 2.42 bits per heavy atom. The molecule has 200 valence electrons. The second-order valence-electron chi connectivity index (χ2n) is 8.86. The highest BCUT2D eigenvalue weighted by Gasteiger charge is 2.34. The van der Waals surface area contributed by atoms with Crippen molar-refractivity contribution in [2.75, 3.05) is 41.7 Å². The van der Waals surface area contributed by atoms with Gasteiger partial charge in [0.2, 0.25) is 5.95 Å². The van der Waals surface area contributed by atoms with Crippen molar-refractivity contribution in [3.63, 3.8) is 0 Å². The van der Waals surface area contributed by atoms with Crippen molar-refractivity contribution >= 4 is 52.4 Å². The van der Waals surface area contributed by atoms with E-state index in [1.54, 1.807) is 24.4 Å². The summed E-state index contributed by atoms with van der Waals surface area (Å²) in [6.07, 6.45) is 1.95. The number of carboxylic acid groups (broad SMARTS) is 1. The molecule has 0 radical (unpaired) electrons. The standard InChI is InChI=1S/C24H26Cl2N8O4/c1-14-12-32(13-15(2)33(14)24(35)36)20-11-30-23(31-22(20)18-5-3-16(25)9-19(18)26)28-8-7-27-21-6-4-17(10-29-21)34(37)38/h3-6,9-11,14-15H,7-8,12-13H2,1-2H3,(H,27,29)(H,35,36)(H,28,30,31). The Balaban J connectivity index is 1.53. The van der Waals surface area contributed by atoms with Gasteiger partial charge in [-0.3, -0.25) is 15.0 Å². The molecule has 1 aromatic carbocycles. The molecular formula is C24H26Cl2N8O4. The zero-order valence-corrected chi connectivity index (χ0v) is 22.1. The Morgan fingerprint density at radius 2 is 1.82 bits per heavy atom. The largest absolute Gasteiger partial charge is 0.465 e. The normalized spacial score (nSPS) is 17.3. The van der Waals surface area contributed by atoms with Crippen LogP contribution in [0.3, 0.4) is 0 Å². The molecule has 14 heteroatoms. The first kappa shape index (κ1) is 27.1. The summed E-state index contributed by atoms with van der Waals surface area (Å²) in [6.45, 7) is 5.58. The van der Waals surface area contributed by atoms with Crippen molar-refractivity contribution in [3.05, 3.63) is 62.9 Å². The Morgan fingerprint density at radius 1 is 1.11 bits per heavy atom. The van der Waals surface area contributed by atoms with E-state index in [0.717, 1.165) is 5.69 Å². The molecule has 1 aliphatic heterocycles. The van der Waals surface area contributed by atoms with E-state index in [0.29, 0.717) is 59.2 Å². The van der Waals surface area contributed by atoms with Crippen LogP contribution >= 0.6 is 23.2 Å². The summed E-state index contributed by atoms with van der Waals surface area (Å²) in [5.74, 6) is 0.879. The number of halogens is 2. The minimum Gasteiger partial charge on any atom is -0.465 e. The number of nitrogens with zero attached hydrogens (tertiary/aromatic N) is 6. The molecule has 1 aliphatic rings. The van der Waals surface area contributed by atoms with E-state index in [4.69, 9.17) is 28.2 Å². The molecular weight excluding hydrogens is 535 g/mol. The van der Waals surface area contributed by atoms with Gasteiger partial charge in [-0.05, 0) is 38.1 Å².